The topological polar surface area (TPSA) is 67.2 Å². The van der Waals surface area contributed by atoms with Gasteiger partial charge in [0.15, 0.2) is 11.4 Å². The van der Waals surface area contributed by atoms with Crippen molar-refractivity contribution in [3.05, 3.63) is 42.0 Å². The van der Waals surface area contributed by atoms with E-state index in [1.54, 1.807) is 12.1 Å². The van der Waals surface area contributed by atoms with Gasteiger partial charge in [-0.05, 0) is 24.5 Å². The highest BCUT2D eigenvalue weighted by Gasteiger charge is 2.35. The fourth-order valence-corrected chi connectivity index (χ4v) is 2.05. The Morgan fingerprint density at radius 2 is 2.20 bits per heavy atom. The summed E-state index contributed by atoms with van der Waals surface area (Å²) in [6.07, 6.45) is 2.16. The predicted molar refractivity (Wildman–Crippen MR) is 70.2 cm³/mol. The molecule has 2 aromatic rings. The molecule has 104 valence electrons. The lowest BCUT2D eigenvalue weighted by Gasteiger charge is -2.02. The van der Waals surface area contributed by atoms with Crippen LogP contribution in [0, 0.1) is 11.7 Å². The van der Waals surface area contributed by atoms with Gasteiger partial charge in [-0.15, -0.1) is 0 Å². The highest BCUT2D eigenvalue weighted by Crippen LogP contribution is 2.30. The number of hydrogen-bond acceptors (Lipinski definition) is 3. The molecule has 1 aromatic carbocycles. The second-order valence-electron chi connectivity index (χ2n) is 5.05. The summed E-state index contributed by atoms with van der Waals surface area (Å²) in [6.45, 7) is 2.03. The average molecular weight is 275 g/mol. The van der Waals surface area contributed by atoms with E-state index in [9.17, 15) is 14.3 Å². The molecule has 5 nitrogen and oxygen atoms in total. The van der Waals surface area contributed by atoms with Crippen molar-refractivity contribution in [2.45, 2.75) is 19.4 Å². The summed E-state index contributed by atoms with van der Waals surface area (Å²) >= 11 is 0. The second-order valence-corrected chi connectivity index (χ2v) is 5.05. The standard InChI is InChI=1S/C14H14FN3O2/c1-8-6-10(8)16-14(20)13-12(19)7-18(17-13)11-5-3-2-4-9(11)15/h2-5,7-8,10,19H,6H2,1H3,(H,16,20)/t8-,10-/m1/s1. The van der Waals surface area contributed by atoms with Crippen LogP contribution in [0.5, 0.6) is 5.75 Å². The third-order valence-electron chi connectivity index (χ3n) is 3.44. The van der Waals surface area contributed by atoms with Gasteiger partial charge in [-0.3, -0.25) is 4.79 Å². The smallest absolute Gasteiger partial charge is 0.275 e. The van der Waals surface area contributed by atoms with Gasteiger partial charge in [0.05, 0.1) is 6.20 Å². The van der Waals surface area contributed by atoms with Gasteiger partial charge in [-0.2, -0.15) is 5.10 Å². The van der Waals surface area contributed by atoms with Gasteiger partial charge in [-0.25, -0.2) is 9.07 Å². The molecule has 0 bridgehead atoms. The molecule has 1 heterocycles. The van der Waals surface area contributed by atoms with Crippen LogP contribution in [0.2, 0.25) is 0 Å². The summed E-state index contributed by atoms with van der Waals surface area (Å²) in [7, 11) is 0. The Bertz CT molecular complexity index is 668. The molecule has 6 heteroatoms. The number of para-hydroxylation sites is 1. The van der Waals surface area contributed by atoms with Crippen molar-refractivity contribution >= 4 is 5.91 Å². The van der Waals surface area contributed by atoms with Crippen molar-refractivity contribution in [2.75, 3.05) is 0 Å². The number of amides is 1. The van der Waals surface area contributed by atoms with E-state index in [4.69, 9.17) is 0 Å². The zero-order valence-electron chi connectivity index (χ0n) is 10.9. The monoisotopic (exact) mass is 275 g/mol. The Morgan fingerprint density at radius 3 is 2.85 bits per heavy atom. The SMILES string of the molecule is C[C@@H]1C[C@H]1NC(=O)c1nn(-c2ccccc2F)cc1O. The zero-order chi connectivity index (χ0) is 14.3. The zero-order valence-corrected chi connectivity index (χ0v) is 10.9. The molecule has 1 fully saturated rings. The molecule has 1 aliphatic carbocycles. The molecule has 0 radical (unpaired) electrons. The first kappa shape index (κ1) is 12.7. The number of nitrogens with zero attached hydrogens (tertiary/aromatic N) is 2. The maximum atomic E-state index is 13.6. The first-order valence-electron chi connectivity index (χ1n) is 6.40. The summed E-state index contributed by atoms with van der Waals surface area (Å²) in [6, 6.07) is 6.17. The number of carbonyl (C=O) groups excluding carboxylic acids is 1. The van der Waals surface area contributed by atoms with E-state index < -0.39 is 11.7 Å². The molecule has 20 heavy (non-hydrogen) atoms. The summed E-state index contributed by atoms with van der Waals surface area (Å²) in [5.41, 5.74) is 0.0917. The largest absolute Gasteiger partial charge is 0.504 e. The van der Waals surface area contributed by atoms with E-state index in [-0.39, 0.29) is 23.2 Å². The summed E-state index contributed by atoms with van der Waals surface area (Å²) < 4.78 is 14.8. The van der Waals surface area contributed by atoms with Crippen LogP contribution in [0.3, 0.4) is 0 Å². The molecule has 1 saturated carbocycles. The Kier molecular flexibility index (Phi) is 2.93. The fourth-order valence-electron chi connectivity index (χ4n) is 2.05. The lowest BCUT2D eigenvalue weighted by atomic mass is 10.3. The summed E-state index contributed by atoms with van der Waals surface area (Å²) in [5.74, 6) is -0.724. The molecule has 1 amide bonds. The van der Waals surface area contributed by atoms with Crippen LogP contribution in [0.15, 0.2) is 30.5 Å². The van der Waals surface area contributed by atoms with Gasteiger partial charge in [0.2, 0.25) is 0 Å². The van der Waals surface area contributed by atoms with Gasteiger partial charge >= 0.3 is 0 Å². The van der Waals surface area contributed by atoms with Crippen molar-refractivity contribution in [3.8, 4) is 11.4 Å². The predicted octanol–water partition coefficient (Wildman–Crippen LogP) is 1.86. The van der Waals surface area contributed by atoms with E-state index in [1.807, 2.05) is 6.92 Å². The molecular weight excluding hydrogens is 261 g/mol. The first-order chi connectivity index (χ1) is 9.56. The molecule has 0 unspecified atom stereocenters. The fraction of sp³-hybridized carbons (Fsp3) is 0.286. The number of hydrogen-bond donors (Lipinski definition) is 2. The minimum Gasteiger partial charge on any atom is -0.504 e. The van der Waals surface area contributed by atoms with E-state index in [1.165, 1.54) is 18.3 Å². The van der Waals surface area contributed by atoms with E-state index >= 15 is 0 Å². The Morgan fingerprint density at radius 1 is 1.50 bits per heavy atom. The minimum atomic E-state index is -0.474. The van der Waals surface area contributed by atoms with Crippen molar-refractivity contribution in [1.29, 1.82) is 0 Å². The van der Waals surface area contributed by atoms with Gasteiger partial charge in [0, 0.05) is 6.04 Å². The van der Waals surface area contributed by atoms with Crippen molar-refractivity contribution in [2.24, 2.45) is 5.92 Å². The van der Waals surface area contributed by atoms with Gasteiger partial charge in [0.25, 0.3) is 5.91 Å². The maximum absolute atomic E-state index is 13.6. The number of carbonyl (C=O) groups is 1. The van der Waals surface area contributed by atoms with E-state index in [0.29, 0.717) is 5.92 Å². The Labute approximate surface area is 115 Å². The van der Waals surface area contributed by atoms with Crippen molar-refractivity contribution in [3.63, 3.8) is 0 Å². The number of aromatic nitrogens is 2. The van der Waals surface area contributed by atoms with Crippen LogP contribution in [-0.2, 0) is 0 Å². The normalized spacial score (nSPS) is 20.7. The van der Waals surface area contributed by atoms with Crippen molar-refractivity contribution < 1.29 is 14.3 Å². The third kappa shape index (κ3) is 2.24. The Hall–Kier alpha value is -2.37. The minimum absolute atomic E-state index is 0.0904. The lowest BCUT2D eigenvalue weighted by molar-refractivity contribution is 0.0941. The van der Waals surface area contributed by atoms with Crippen LogP contribution in [0.25, 0.3) is 5.69 Å². The number of halogens is 1. The van der Waals surface area contributed by atoms with Gasteiger partial charge < -0.3 is 10.4 Å². The van der Waals surface area contributed by atoms with Crippen molar-refractivity contribution in [1.82, 2.24) is 15.1 Å². The van der Waals surface area contributed by atoms with Crippen LogP contribution in [0.4, 0.5) is 4.39 Å². The molecular formula is C14H14FN3O2. The average Bonchev–Trinajstić information content (AvgIpc) is 2.95. The van der Waals surface area contributed by atoms with Crippen LogP contribution < -0.4 is 5.32 Å². The number of aromatic hydroxyl groups is 1. The van der Waals surface area contributed by atoms with Crippen LogP contribution >= 0.6 is 0 Å². The van der Waals surface area contributed by atoms with Gasteiger partial charge in [0.1, 0.15) is 11.5 Å². The number of nitrogens with one attached hydrogen (secondary N) is 1. The molecule has 0 spiro atoms. The third-order valence-corrected chi connectivity index (χ3v) is 3.44. The quantitative estimate of drug-likeness (QED) is 0.898. The molecule has 1 aromatic heterocycles. The second kappa shape index (κ2) is 4.63. The maximum Gasteiger partial charge on any atom is 0.275 e. The molecule has 2 N–H and O–H groups in total. The number of benzene rings is 1. The lowest BCUT2D eigenvalue weighted by Crippen LogP contribution is -2.27. The highest BCUT2D eigenvalue weighted by molar-refractivity contribution is 5.95. The number of rotatable bonds is 3. The Balaban J connectivity index is 1.87. The molecule has 1 aliphatic rings. The molecule has 0 saturated heterocycles. The highest BCUT2D eigenvalue weighted by atomic mass is 19.1. The summed E-state index contributed by atoms with van der Waals surface area (Å²) in [5, 5.41) is 16.5. The molecule has 2 atom stereocenters. The van der Waals surface area contributed by atoms with E-state index in [0.717, 1.165) is 11.1 Å². The summed E-state index contributed by atoms with van der Waals surface area (Å²) in [4.78, 5) is 12.0. The van der Waals surface area contributed by atoms with Crippen LogP contribution in [0.1, 0.15) is 23.8 Å². The molecule has 3 rings (SSSR count). The van der Waals surface area contributed by atoms with Crippen LogP contribution in [-0.4, -0.2) is 26.8 Å². The molecule has 0 aliphatic heterocycles. The first-order valence-corrected chi connectivity index (χ1v) is 6.40. The van der Waals surface area contributed by atoms with E-state index in [2.05, 4.69) is 10.4 Å². The van der Waals surface area contributed by atoms with Gasteiger partial charge in [-0.1, -0.05) is 19.1 Å².